The van der Waals surface area contributed by atoms with Crippen LogP contribution in [0.5, 0.6) is 0 Å². The van der Waals surface area contributed by atoms with Crippen molar-refractivity contribution >= 4 is 0 Å². The van der Waals surface area contributed by atoms with E-state index in [-0.39, 0.29) is 12.0 Å². The van der Waals surface area contributed by atoms with Crippen LogP contribution in [0.1, 0.15) is 59.3 Å². The lowest BCUT2D eigenvalue weighted by atomic mass is 9.63. The van der Waals surface area contributed by atoms with Gasteiger partial charge in [0.05, 0.1) is 18.8 Å². The van der Waals surface area contributed by atoms with Crippen LogP contribution in [0.3, 0.4) is 0 Å². The molecule has 122 valence electrons. The number of rotatable bonds is 5. The van der Waals surface area contributed by atoms with Gasteiger partial charge in [-0.05, 0) is 43.6 Å². The summed E-state index contributed by atoms with van der Waals surface area (Å²) in [7, 11) is 0. The van der Waals surface area contributed by atoms with Crippen LogP contribution in [0.4, 0.5) is 0 Å². The van der Waals surface area contributed by atoms with E-state index < -0.39 is 11.4 Å². The van der Waals surface area contributed by atoms with Gasteiger partial charge >= 0.3 is 0 Å². The Balaban J connectivity index is 2.11. The minimum atomic E-state index is -0.822. The maximum absolute atomic E-state index is 11.2. The summed E-state index contributed by atoms with van der Waals surface area (Å²) in [4.78, 5) is 0. The quantitative estimate of drug-likeness (QED) is 0.766. The molecule has 0 amide bonds. The molecule has 0 bridgehead atoms. The van der Waals surface area contributed by atoms with Crippen LogP contribution in [-0.4, -0.2) is 41.4 Å². The Hall–Kier alpha value is -0.420. The molecule has 1 atom stereocenters. The highest BCUT2D eigenvalue weighted by Crippen LogP contribution is 2.48. The Morgan fingerprint density at radius 3 is 2.38 bits per heavy atom. The van der Waals surface area contributed by atoms with Crippen molar-refractivity contribution < 1.29 is 19.7 Å². The Morgan fingerprint density at radius 2 is 1.81 bits per heavy atom. The van der Waals surface area contributed by atoms with E-state index in [0.717, 1.165) is 24.8 Å². The Kier molecular flexibility index (Phi) is 5.14. The van der Waals surface area contributed by atoms with Gasteiger partial charge in [-0.3, -0.25) is 0 Å². The molecular weight excluding hydrogens is 268 g/mol. The molecule has 0 aromatic heterocycles. The summed E-state index contributed by atoms with van der Waals surface area (Å²) < 4.78 is 11.7. The number of allylic oxidation sites excluding steroid dienone is 1. The molecule has 21 heavy (non-hydrogen) atoms. The molecule has 2 aliphatic rings. The largest absolute Gasteiger partial charge is 0.396 e. The second kappa shape index (κ2) is 6.37. The van der Waals surface area contributed by atoms with Crippen LogP contribution in [-0.2, 0) is 9.47 Å². The summed E-state index contributed by atoms with van der Waals surface area (Å²) in [6.07, 6.45) is 6.72. The number of ether oxygens (including phenoxy) is 2. The molecule has 1 fully saturated rings. The molecule has 1 heterocycles. The zero-order chi connectivity index (χ0) is 15.6. The van der Waals surface area contributed by atoms with Gasteiger partial charge < -0.3 is 19.7 Å². The summed E-state index contributed by atoms with van der Waals surface area (Å²) in [5, 5.41) is 20.5. The van der Waals surface area contributed by atoms with Crippen molar-refractivity contribution in [1.29, 1.82) is 0 Å². The van der Waals surface area contributed by atoms with Crippen molar-refractivity contribution in [3.8, 4) is 0 Å². The number of aliphatic hydroxyl groups excluding tert-OH is 1. The molecule has 0 spiro atoms. The van der Waals surface area contributed by atoms with Crippen LogP contribution in [0.15, 0.2) is 11.6 Å². The number of hydrogen-bond acceptors (Lipinski definition) is 4. The van der Waals surface area contributed by atoms with Gasteiger partial charge in [-0.25, -0.2) is 0 Å². The van der Waals surface area contributed by atoms with Crippen LogP contribution in [0.2, 0.25) is 0 Å². The molecule has 0 saturated carbocycles. The average Bonchev–Trinajstić information content (AvgIpc) is 2.44. The minimum Gasteiger partial charge on any atom is -0.396 e. The minimum absolute atomic E-state index is 0.0383. The third kappa shape index (κ3) is 3.34. The van der Waals surface area contributed by atoms with E-state index in [9.17, 15) is 10.2 Å². The van der Waals surface area contributed by atoms with Crippen LogP contribution >= 0.6 is 0 Å². The van der Waals surface area contributed by atoms with Crippen molar-refractivity contribution in [3.05, 3.63) is 11.6 Å². The smallest absolute Gasteiger partial charge is 0.170 e. The Morgan fingerprint density at radius 1 is 1.14 bits per heavy atom. The van der Waals surface area contributed by atoms with E-state index in [1.807, 2.05) is 6.92 Å². The monoisotopic (exact) mass is 298 g/mol. The fourth-order valence-electron chi connectivity index (χ4n) is 3.67. The molecule has 2 N–H and O–H groups in total. The van der Waals surface area contributed by atoms with Gasteiger partial charge in [0.1, 0.15) is 0 Å². The van der Waals surface area contributed by atoms with Crippen LogP contribution < -0.4 is 0 Å². The first-order valence-electron chi connectivity index (χ1n) is 8.14. The molecule has 1 aliphatic carbocycles. The van der Waals surface area contributed by atoms with Gasteiger partial charge in [0.15, 0.2) is 5.79 Å². The lowest BCUT2D eigenvalue weighted by molar-refractivity contribution is -0.280. The normalized spacial score (nSPS) is 31.8. The Labute approximate surface area is 128 Å². The van der Waals surface area contributed by atoms with Gasteiger partial charge in [0, 0.05) is 19.4 Å². The summed E-state index contributed by atoms with van der Waals surface area (Å²) >= 11 is 0. The summed E-state index contributed by atoms with van der Waals surface area (Å²) in [5.74, 6) is -0.726. The maximum Gasteiger partial charge on any atom is 0.170 e. The van der Waals surface area contributed by atoms with Crippen molar-refractivity contribution in [2.75, 3.05) is 19.8 Å². The zero-order valence-corrected chi connectivity index (χ0v) is 13.7. The van der Waals surface area contributed by atoms with Crippen molar-refractivity contribution in [1.82, 2.24) is 0 Å². The Bertz CT molecular complexity index is 377. The highest BCUT2D eigenvalue weighted by Gasteiger charge is 2.48. The lowest BCUT2D eigenvalue weighted by Crippen LogP contribution is -2.50. The first-order chi connectivity index (χ1) is 9.85. The van der Waals surface area contributed by atoms with Crippen LogP contribution in [0, 0.1) is 5.41 Å². The van der Waals surface area contributed by atoms with Crippen molar-refractivity contribution in [2.24, 2.45) is 5.41 Å². The predicted molar refractivity (Wildman–Crippen MR) is 81.9 cm³/mol. The average molecular weight is 298 g/mol. The van der Waals surface area contributed by atoms with E-state index in [2.05, 4.69) is 19.9 Å². The fourth-order valence-corrected chi connectivity index (χ4v) is 3.67. The fraction of sp³-hybridized carbons (Fsp3) is 0.882. The van der Waals surface area contributed by atoms with E-state index in [1.54, 1.807) is 0 Å². The number of hydrogen-bond donors (Lipinski definition) is 2. The lowest BCUT2D eigenvalue weighted by Gasteiger charge is -2.48. The van der Waals surface area contributed by atoms with Gasteiger partial charge in [-0.15, -0.1) is 0 Å². The molecule has 1 unspecified atom stereocenters. The van der Waals surface area contributed by atoms with E-state index in [0.29, 0.717) is 32.5 Å². The first kappa shape index (κ1) is 16.9. The van der Waals surface area contributed by atoms with E-state index in [1.165, 1.54) is 0 Å². The molecule has 0 radical (unpaired) electrons. The summed E-state index contributed by atoms with van der Waals surface area (Å²) in [6.45, 7) is 7.64. The molecule has 0 aromatic carbocycles. The molecule has 1 aliphatic heterocycles. The topological polar surface area (TPSA) is 58.9 Å². The van der Waals surface area contributed by atoms with Crippen molar-refractivity contribution in [2.45, 2.75) is 70.7 Å². The van der Waals surface area contributed by atoms with Gasteiger partial charge in [-0.2, -0.15) is 0 Å². The SMILES string of the molecule is CC1=CCCC(C)(C)C1(O)CCC1(CCO)OCCCO1. The second-order valence-electron chi connectivity index (χ2n) is 7.10. The standard InChI is InChI=1S/C17H30O4/c1-14-6-4-7-15(2,3)17(14,19)9-8-16(10-11-18)20-12-5-13-21-16/h6,18-19H,4-5,7-13H2,1-3H3. The molecule has 4 nitrogen and oxygen atoms in total. The van der Waals surface area contributed by atoms with Crippen molar-refractivity contribution in [3.63, 3.8) is 0 Å². The zero-order valence-electron chi connectivity index (χ0n) is 13.7. The van der Waals surface area contributed by atoms with Gasteiger partial charge in [0.2, 0.25) is 0 Å². The second-order valence-corrected chi connectivity index (χ2v) is 7.10. The molecule has 4 heteroatoms. The molecule has 0 aromatic rings. The van der Waals surface area contributed by atoms with Gasteiger partial charge in [0.25, 0.3) is 0 Å². The molecular formula is C17H30O4. The third-order valence-electron chi connectivity index (χ3n) is 5.37. The number of aliphatic hydroxyl groups is 2. The maximum atomic E-state index is 11.2. The van der Waals surface area contributed by atoms with E-state index >= 15 is 0 Å². The first-order valence-corrected chi connectivity index (χ1v) is 8.14. The van der Waals surface area contributed by atoms with Crippen LogP contribution in [0.25, 0.3) is 0 Å². The molecule has 1 saturated heterocycles. The summed E-state index contributed by atoms with van der Waals surface area (Å²) in [6, 6.07) is 0. The van der Waals surface area contributed by atoms with E-state index in [4.69, 9.17) is 9.47 Å². The third-order valence-corrected chi connectivity index (χ3v) is 5.37. The highest BCUT2D eigenvalue weighted by molar-refractivity contribution is 5.22. The summed E-state index contributed by atoms with van der Waals surface area (Å²) in [5.41, 5.74) is 0.0763. The van der Waals surface area contributed by atoms with Gasteiger partial charge in [-0.1, -0.05) is 19.9 Å². The predicted octanol–water partition coefficient (Wildman–Crippen LogP) is 2.78. The molecule has 2 rings (SSSR count). The highest BCUT2D eigenvalue weighted by atomic mass is 16.7.